The van der Waals surface area contributed by atoms with Crippen molar-refractivity contribution in [2.24, 2.45) is 0 Å². The number of benzene rings is 4. The molecule has 74 heavy (non-hydrogen) atoms. The third-order valence-corrected chi connectivity index (χ3v) is 15.2. The number of aromatic nitrogens is 4. The first kappa shape index (κ1) is 51.4. The van der Waals surface area contributed by atoms with Crippen LogP contribution in [0.2, 0.25) is 0 Å². The summed E-state index contributed by atoms with van der Waals surface area (Å²) in [5, 5.41) is 0. The molecule has 4 aromatic carbocycles. The number of halogens is 8. The molecular weight excluding hydrogens is 1030 g/mol. The fraction of sp³-hybridized carbons (Fsp3) is 0.292. The van der Waals surface area contributed by atoms with Crippen LogP contribution in [0.1, 0.15) is 83.7 Å². The second-order valence-corrected chi connectivity index (χ2v) is 20.6. The van der Waals surface area contributed by atoms with Crippen molar-refractivity contribution >= 4 is 55.1 Å². The number of nitrogens with one attached hydrogen (secondary N) is 2. The van der Waals surface area contributed by atoms with Crippen LogP contribution in [0.25, 0.3) is 0 Å². The van der Waals surface area contributed by atoms with Gasteiger partial charge in [-0.05, 0) is 73.2 Å². The molecule has 0 spiro atoms. The van der Waals surface area contributed by atoms with Crippen LogP contribution in [-0.4, -0.2) is 74.9 Å². The van der Waals surface area contributed by atoms with E-state index in [0.717, 1.165) is 49.1 Å². The molecule has 2 amide bonds. The van der Waals surface area contributed by atoms with Crippen LogP contribution >= 0.6 is 0 Å². The minimum Gasteiger partial charge on any atom is -0.493 e. The molecule has 10 rings (SSSR count). The highest BCUT2D eigenvalue weighted by Gasteiger charge is 2.38. The van der Waals surface area contributed by atoms with Gasteiger partial charge in [0.1, 0.15) is 11.5 Å². The van der Waals surface area contributed by atoms with E-state index < -0.39 is 67.0 Å². The predicted molar refractivity (Wildman–Crippen MR) is 248 cm³/mol. The lowest BCUT2D eigenvalue weighted by molar-refractivity contribution is -0.138. The van der Waals surface area contributed by atoms with Gasteiger partial charge in [-0.2, -0.15) is 26.3 Å². The molecule has 2 saturated heterocycles. The lowest BCUT2D eigenvalue weighted by Gasteiger charge is -2.30. The van der Waals surface area contributed by atoms with Crippen LogP contribution in [0, 0.1) is 11.6 Å². The first-order valence-corrected chi connectivity index (χ1v) is 25.6. The average molecular weight is 1070 g/mol. The van der Waals surface area contributed by atoms with Gasteiger partial charge in [0.05, 0.1) is 58.9 Å². The Morgan fingerprint density at radius 1 is 0.527 bits per heavy atom. The SMILES string of the molecule is O=C1CCCN1c1cc(C(F)(F)F)ccc1[C@@H]1CCOc2cc(S(=O)(=O)Nc3ncc(F)cn3)ccc21.O=C1CCCN1c1cc(C(F)(F)F)ccc1[C@H]1CCOc2cc(S(=O)(=O)Nc3ncc(F)cn3)ccc21. The van der Waals surface area contributed by atoms with Gasteiger partial charge in [0.15, 0.2) is 11.6 Å². The van der Waals surface area contributed by atoms with Crippen molar-refractivity contribution in [3.63, 3.8) is 0 Å². The summed E-state index contributed by atoms with van der Waals surface area (Å²) in [7, 11) is -8.30. The molecule has 0 aliphatic carbocycles. The van der Waals surface area contributed by atoms with Crippen molar-refractivity contribution in [1.29, 1.82) is 0 Å². The molecular formula is C48H40F8N8O8S2. The molecule has 388 valence electrons. The number of alkyl halides is 6. The van der Waals surface area contributed by atoms with Gasteiger partial charge in [-0.3, -0.25) is 9.59 Å². The summed E-state index contributed by atoms with van der Waals surface area (Å²) >= 11 is 0. The Kier molecular flexibility index (Phi) is 14.0. The Morgan fingerprint density at radius 2 is 0.892 bits per heavy atom. The highest BCUT2D eigenvalue weighted by Crippen LogP contribution is 2.47. The van der Waals surface area contributed by atoms with Gasteiger partial charge in [0.25, 0.3) is 20.0 Å². The molecule has 2 atom stereocenters. The van der Waals surface area contributed by atoms with Gasteiger partial charge in [0, 0.05) is 72.4 Å². The number of anilines is 4. The summed E-state index contributed by atoms with van der Waals surface area (Å²) < 4.78 is 174. The lowest BCUT2D eigenvalue weighted by atomic mass is 9.85. The zero-order valence-electron chi connectivity index (χ0n) is 38.3. The lowest BCUT2D eigenvalue weighted by Crippen LogP contribution is -2.27. The molecule has 0 saturated carbocycles. The first-order chi connectivity index (χ1) is 35.1. The number of amides is 2. The monoisotopic (exact) mass is 1070 g/mol. The van der Waals surface area contributed by atoms with Gasteiger partial charge >= 0.3 is 12.4 Å². The third-order valence-electron chi connectivity index (χ3n) is 12.6. The number of fused-ring (bicyclic) bond motifs is 2. The second kappa shape index (κ2) is 20.1. The largest absolute Gasteiger partial charge is 0.493 e. The van der Waals surface area contributed by atoms with E-state index in [1.807, 2.05) is 0 Å². The van der Waals surface area contributed by atoms with Gasteiger partial charge in [-0.1, -0.05) is 24.3 Å². The Hall–Kier alpha value is -7.48. The zero-order valence-corrected chi connectivity index (χ0v) is 39.9. The maximum absolute atomic E-state index is 13.5. The smallest absolute Gasteiger partial charge is 0.416 e. The highest BCUT2D eigenvalue weighted by molar-refractivity contribution is 7.93. The molecule has 2 fully saturated rings. The topological polar surface area (TPSA) is 203 Å². The standard InChI is InChI=1S/2C24H20F4N4O4S/c2*25-15-12-29-23(30-13-15)31-37(34,35)16-4-6-19-17(7-9-36-21(19)11-16)18-5-3-14(24(26,27)28)10-20(18)32-8-1-2-22(32)33/h2*3-6,10-13,17H,1-2,7-9H2,(H,29,30,31)/t2*17-/m10/s1. The van der Waals surface area contributed by atoms with Gasteiger partial charge < -0.3 is 19.3 Å². The Balaban J connectivity index is 0.000000182. The Morgan fingerprint density at radius 3 is 1.23 bits per heavy atom. The number of carbonyl (C=O) groups excluding carboxylic acids is 2. The molecule has 26 heteroatoms. The third kappa shape index (κ3) is 10.9. The van der Waals surface area contributed by atoms with E-state index in [0.29, 0.717) is 61.0 Å². The number of ether oxygens (including phenoxy) is 2. The number of sulfonamides is 2. The van der Waals surface area contributed by atoms with Crippen LogP contribution in [-0.2, 0) is 42.0 Å². The molecule has 2 N–H and O–H groups in total. The van der Waals surface area contributed by atoms with E-state index in [4.69, 9.17) is 9.47 Å². The predicted octanol–water partition coefficient (Wildman–Crippen LogP) is 8.95. The first-order valence-electron chi connectivity index (χ1n) is 22.6. The number of rotatable bonds is 10. The quantitative estimate of drug-likeness (QED) is 0.124. The Bertz CT molecular complexity index is 3150. The summed E-state index contributed by atoms with van der Waals surface area (Å²) in [5.74, 6) is -2.95. The van der Waals surface area contributed by atoms with Crippen molar-refractivity contribution in [3.8, 4) is 11.5 Å². The zero-order chi connectivity index (χ0) is 52.7. The van der Waals surface area contributed by atoms with Crippen LogP contribution in [0.15, 0.2) is 107 Å². The fourth-order valence-electron chi connectivity index (χ4n) is 9.11. The fourth-order valence-corrected chi connectivity index (χ4v) is 11.1. The molecule has 0 bridgehead atoms. The minimum atomic E-state index is -4.58. The van der Waals surface area contributed by atoms with E-state index in [9.17, 15) is 61.5 Å². The van der Waals surface area contributed by atoms with E-state index in [2.05, 4.69) is 29.4 Å². The van der Waals surface area contributed by atoms with Crippen LogP contribution in [0.4, 0.5) is 58.4 Å². The molecule has 4 aliphatic heterocycles. The van der Waals surface area contributed by atoms with Crippen molar-refractivity contribution in [2.45, 2.75) is 72.5 Å². The van der Waals surface area contributed by atoms with Crippen LogP contribution in [0.3, 0.4) is 0 Å². The number of nitrogens with zero attached hydrogens (tertiary/aromatic N) is 6. The molecule has 0 unspecified atom stereocenters. The maximum atomic E-state index is 13.5. The van der Waals surface area contributed by atoms with Gasteiger partial charge in [-0.25, -0.2) is 55.0 Å². The van der Waals surface area contributed by atoms with Crippen molar-refractivity contribution in [3.05, 3.63) is 143 Å². The van der Waals surface area contributed by atoms with E-state index >= 15 is 0 Å². The molecule has 4 aliphatic rings. The van der Waals surface area contributed by atoms with E-state index in [1.165, 1.54) is 58.3 Å². The highest BCUT2D eigenvalue weighted by atomic mass is 32.2. The second-order valence-electron chi connectivity index (χ2n) is 17.3. The Labute approximate surface area is 416 Å². The van der Waals surface area contributed by atoms with Crippen molar-refractivity contribution < 1.29 is 71.0 Å². The minimum absolute atomic E-state index is 0.165. The van der Waals surface area contributed by atoms with E-state index in [-0.39, 0.29) is 82.4 Å². The molecule has 6 aromatic rings. The molecule has 16 nitrogen and oxygen atoms in total. The van der Waals surface area contributed by atoms with Gasteiger partial charge in [-0.15, -0.1) is 0 Å². The van der Waals surface area contributed by atoms with Crippen molar-refractivity contribution in [2.75, 3.05) is 45.5 Å². The molecule has 6 heterocycles. The number of hydrogen-bond acceptors (Lipinski definition) is 12. The maximum Gasteiger partial charge on any atom is 0.416 e. The molecule has 2 aromatic heterocycles. The summed E-state index contributed by atoms with van der Waals surface area (Å²) in [5.41, 5.74) is 0.904. The van der Waals surface area contributed by atoms with Gasteiger partial charge in [0.2, 0.25) is 23.7 Å². The molecule has 0 radical (unpaired) electrons. The normalized spacial score (nSPS) is 17.9. The summed E-state index contributed by atoms with van der Waals surface area (Å²) in [4.78, 5) is 41.7. The number of carbonyl (C=O) groups is 2. The summed E-state index contributed by atoms with van der Waals surface area (Å²) in [6.45, 7) is 1.00. The van der Waals surface area contributed by atoms with Crippen LogP contribution < -0.4 is 28.7 Å². The summed E-state index contributed by atoms with van der Waals surface area (Å²) in [6, 6.07) is 15.1. The number of hydrogen-bond donors (Lipinski definition) is 2. The van der Waals surface area contributed by atoms with Crippen molar-refractivity contribution in [1.82, 2.24) is 19.9 Å². The van der Waals surface area contributed by atoms with Crippen LogP contribution in [0.5, 0.6) is 11.5 Å². The summed E-state index contributed by atoms with van der Waals surface area (Å²) in [6.07, 6.45) is -3.44. The van der Waals surface area contributed by atoms with E-state index in [1.54, 1.807) is 0 Å². The average Bonchev–Trinajstić information content (AvgIpc) is 4.01.